The smallest absolute Gasteiger partial charge is 0.371 e. The monoisotopic (exact) mass is 240 g/mol. The van der Waals surface area contributed by atoms with Gasteiger partial charge in [0, 0.05) is 7.11 Å². The molecule has 0 bridgehead atoms. The first-order chi connectivity index (χ1) is 8.05. The maximum atomic E-state index is 10.7. The molecule has 1 fully saturated rings. The molecular formula is C12H16O5. The minimum Gasteiger partial charge on any atom is -0.475 e. The topological polar surface area (TPSA) is 79.9 Å². The summed E-state index contributed by atoms with van der Waals surface area (Å²) in [6.07, 6.45) is 2.71. The fraction of sp³-hybridized carbons (Fsp3) is 0.583. The van der Waals surface area contributed by atoms with Crippen LogP contribution in [-0.4, -0.2) is 29.4 Å². The molecule has 0 amide bonds. The summed E-state index contributed by atoms with van der Waals surface area (Å²) in [5, 5.41) is 19.2. The predicted molar refractivity (Wildman–Crippen MR) is 58.8 cm³/mol. The van der Waals surface area contributed by atoms with Crippen LogP contribution < -0.4 is 0 Å². The molecule has 2 N–H and O–H groups in total. The van der Waals surface area contributed by atoms with Crippen molar-refractivity contribution >= 4 is 5.97 Å². The fourth-order valence-electron chi connectivity index (χ4n) is 2.25. The third kappa shape index (κ3) is 2.35. The molecule has 5 heteroatoms. The number of carboxylic acid groups (broad SMARTS) is 1. The molecule has 1 aliphatic carbocycles. The number of hydrogen-bond acceptors (Lipinski definition) is 4. The number of aliphatic hydroxyl groups is 1. The number of furan rings is 1. The Hall–Kier alpha value is -1.33. The molecule has 0 radical (unpaired) electrons. The summed E-state index contributed by atoms with van der Waals surface area (Å²) < 4.78 is 10.4. The molecule has 0 aromatic carbocycles. The first kappa shape index (κ1) is 12.1. The van der Waals surface area contributed by atoms with Crippen molar-refractivity contribution in [2.24, 2.45) is 0 Å². The molecular weight excluding hydrogens is 224 g/mol. The van der Waals surface area contributed by atoms with Gasteiger partial charge in [-0.1, -0.05) is 0 Å². The Morgan fingerprint density at radius 2 is 2.12 bits per heavy atom. The van der Waals surface area contributed by atoms with Crippen LogP contribution in [-0.2, 0) is 10.3 Å². The molecule has 94 valence electrons. The molecule has 0 saturated heterocycles. The normalized spacial score (nSPS) is 29.2. The minimum atomic E-state index is -1.12. The summed E-state index contributed by atoms with van der Waals surface area (Å²) in [6.45, 7) is 0. The van der Waals surface area contributed by atoms with Crippen molar-refractivity contribution in [3.05, 3.63) is 23.7 Å². The highest BCUT2D eigenvalue weighted by atomic mass is 16.5. The van der Waals surface area contributed by atoms with E-state index in [9.17, 15) is 9.90 Å². The molecule has 5 nitrogen and oxygen atoms in total. The van der Waals surface area contributed by atoms with Crippen LogP contribution in [0.5, 0.6) is 0 Å². The average Bonchev–Trinajstić information content (AvgIpc) is 2.80. The zero-order valence-corrected chi connectivity index (χ0v) is 9.68. The van der Waals surface area contributed by atoms with Crippen LogP contribution in [0.3, 0.4) is 0 Å². The first-order valence-corrected chi connectivity index (χ1v) is 5.64. The van der Waals surface area contributed by atoms with Gasteiger partial charge in [-0.15, -0.1) is 0 Å². The van der Waals surface area contributed by atoms with Crippen molar-refractivity contribution in [2.75, 3.05) is 7.11 Å². The lowest BCUT2D eigenvalue weighted by Gasteiger charge is -2.33. The molecule has 0 atom stereocenters. The molecule has 2 rings (SSSR count). The van der Waals surface area contributed by atoms with Gasteiger partial charge in [0.15, 0.2) is 0 Å². The molecule has 1 aliphatic rings. The summed E-state index contributed by atoms with van der Waals surface area (Å²) in [5.41, 5.74) is -1.05. The number of carbonyl (C=O) groups is 1. The van der Waals surface area contributed by atoms with Gasteiger partial charge in [-0.3, -0.25) is 0 Å². The molecule has 1 heterocycles. The summed E-state index contributed by atoms with van der Waals surface area (Å²) >= 11 is 0. The maximum Gasteiger partial charge on any atom is 0.371 e. The number of ether oxygens (including phenoxy) is 1. The van der Waals surface area contributed by atoms with Gasteiger partial charge in [0.1, 0.15) is 11.4 Å². The van der Waals surface area contributed by atoms with E-state index in [1.165, 1.54) is 12.1 Å². The fourth-order valence-corrected chi connectivity index (χ4v) is 2.25. The van der Waals surface area contributed by atoms with Crippen LogP contribution >= 0.6 is 0 Å². The van der Waals surface area contributed by atoms with Crippen molar-refractivity contribution in [1.82, 2.24) is 0 Å². The highest BCUT2D eigenvalue weighted by Gasteiger charge is 2.37. The van der Waals surface area contributed by atoms with Gasteiger partial charge in [0.25, 0.3) is 0 Å². The Bertz CT molecular complexity index is 401. The van der Waals surface area contributed by atoms with Gasteiger partial charge in [0.2, 0.25) is 5.76 Å². The van der Waals surface area contributed by atoms with Crippen molar-refractivity contribution in [2.45, 2.75) is 37.4 Å². The molecule has 0 spiro atoms. The van der Waals surface area contributed by atoms with Crippen LogP contribution in [0.2, 0.25) is 0 Å². The Labute approximate surface area is 99.0 Å². The second kappa shape index (κ2) is 4.50. The number of carboxylic acids is 1. The molecule has 1 aromatic heterocycles. The Kier molecular flexibility index (Phi) is 3.22. The Morgan fingerprint density at radius 1 is 1.47 bits per heavy atom. The van der Waals surface area contributed by atoms with E-state index in [0.717, 1.165) is 12.8 Å². The zero-order valence-electron chi connectivity index (χ0n) is 9.68. The van der Waals surface area contributed by atoms with Crippen LogP contribution in [0.25, 0.3) is 0 Å². The number of aromatic carboxylic acids is 1. The third-order valence-corrected chi connectivity index (χ3v) is 3.37. The van der Waals surface area contributed by atoms with E-state index < -0.39 is 11.6 Å². The van der Waals surface area contributed by atoms with Crippen molar-refractivity contribution in [1.29, 1.82) is 0 Å². The minimum absolute atomic E-state index is 0.137. The van der Waals surface area contributed by atoms with E-state index in [1.54, 1.807) is 7.11 Å². The zero-order chi connectivity index (χ0) is 12.5. The summed E-state index contributed by atoms with van der Waals surface area (Å²) in [6, 6.07) is 2.91. The average molecular weight is 240 g/mol. The lowest BCUT2D eigenvalue weighted by Crippen LogP contribution is -2.33. The SMILES string of the molecule is COC1CCC(O)(c2ccc(C(=O)O)o2)CC1. The lowest BCUT2D eigenvalue weighted by atomic mass is 9.81. The Balaban J connectivity index is 2.13. The molecule has 1 saturated carbocycles. The molecule has 1 aromatic rings. The van der Waals surface area contributed by atoms with Crippen molar-refractivity contribution < 1.29 is 24.2 Å². The number of rotatable bonds is 3. The largest absolute Gasteiger partial charge is 0.475 e. The second-order valence-corrected chi connectivity index (χ2v) is 4.44. The second-order valence-electron chi connectivity index (χ2n) is 4.44. The maximum absolute atomic E-state index is 10.7. The van der Waals surface area contributed by atoms with Crippen LogP contribution in [0, 0.1) is 0 Å². The van der Waals surface area contributed by atoms with Gasteiger partial charge in [0.05, 0.1) is 6.10 Å². The van der Waals surface area contributed by atoms with Gasteiger partial charge < -0.3 is 19.4 Å². The van der Waals surface area contributed by atoms with E-state index in [4.69, 9.17) is 14.3 Å². The summed E-state index contributed by atoms with van der Waals surface area (Å²) in [7, 11) is 1.66. The first-order valence-electron chi connectivity index (χ1n) is 5.64. The van der Waals surface area contributed by atoms with Gasteiger partial charge in [-0.2, -0.15) is 0 Å². The summed E-state index contributed by atoms with van der Waals surface area (Å²) in [5.74, 6) is -0.919. The van der Waals surface area contributed by atoms with E-state index in [1.807, 2.05) is 0 Å². The van der Waals surface area contributed by atoms with Gasteiger partial charge in [-0.25, -0.2) is 4.79 Å². The van der Waals surface area contributed by atoms with E-state index >= 15 is 0 Å². The lowest BCUT2D eigenvalue weighted by molar-refractivity contribution is -0.0603. The summed E-state index contributed by atoms with van der Waals surface area (Å²) in [4.78, 5) is 10.7. The third-order valence-electron chi connectivity index (χ3n) is 3.37. The standard InChI is InChI=1S/C12H16O5/c1-16-8-4-6-12(15,7-5-8)10-3-2-9(17-10)11(13)14/h2-3,8,15H,4-7H2,1H3,(H,13,14). The van der Waals surface area contributed by atoms with Gasteiger partial charge in [-0.05, 0) is 37.8 Å². The highest BCUT2D eigenvalue weighted by molar-refractivity contribution is 5.84. The quantitative estimate of drug-likeness (QED) is 0.841. The van der Waals surface area contributed by atoms with Crippen LogP contribution in [0.4, 0.5) is 0 Å². The van der Waals surface area contributed by atoms with E-state index in [0.29, 0.717) is 18.6 Å². The highest BCUT2D eigenvalue weighted by Crippen LogP contribution is 2.38. The van der Waals surface area contributed by atoms with Crippen molar-refractivity contribution in [3.63, 3.8) is 0 Å². The van der Waals surface area contributed by atoms with Gasteiger partial charge >= 0.3 is 5.97 Å². The van der Waals surface area contributed by atoms with Crippen LogP contribution in [0.15, 0.2) is 16.5 Å². The molecule has 0 unspecified atom stereocenters. The number of hydrogen-bond donors (Lipinski definition) is 2. The predicted octanol–water partition coefficient (Wildman–Crippen LogP) is 1.75. The molecule has 0 aliphatic heterocycles. The van der Waals surface area contributed by atoms with Crippen LogP contribution in [0.1, 0.15) is 42.0 Å². The number of methoxy groups -OCH3 is 1. The van der Waals surface area contributed by atoms with Crippen molar-refractivity contribution in [3.8, 4) is 0 Å². The Morgan fingerprint density at radius 3 is 2.59 bits per heavy atom. The van der Waals surface area contributed by atoms with E-state index in [2.05, 4.69) is 0 Å². The molecule has 17 heavy (non-hydrogen) atoms. The van der Waals surface area contributed by atoms with E-state index in [-0.39, 0.29) is 11.9 Å².